The number of anilines is 1. The first kappa shape index (κ1) is 19.6. The van der Waals surface area contributed by atoms with E-state index in [4.69, 9.17) is 0 Å². The third kappa shape index (κ3) is 3.89. The van der Waals surface area contributed by atoms with E-state index in [1.54, 1.807) is 37.3 Å². The summed E-state index contributed by atoms with van der Waals surface area (Å²) in [5.74, 6) is 0. The maximum Gasteiger partial charge on any atom is 0.270 e. The molecule has 0 radical (unpaired) electrons. The minimum Gasteiger partial charge on any atom is -0.259 e. The summed E-state index contributed by atoms with van der Waals surface area (Å²) < 4.78 is 28.3. The fourth-order valence-electron chi connectivity index (χ4n) is 3.08. The van der Waals surface area contributed by atoms with Crippen molar-refractivity contribution >= 4 is 21.4 Å². The van der Waals surface area contributed by atoms with Crippen LogP contribution in [0.15, 0.2) is 83.8 Å². The first-order valence-corrected chi connectivity index (χ1v) is 10.2. The van der Waals surface area contributed by atoms with Gasteiger partial charge in [0, 0.05) is 12.1 Å². The summed E-state index contributed by atoms with van der Waals surface area (Å²) in [4.78, 5) is 10.4. The second kappa shape index (κ2) is 7.82. The highest BCUT2D eigenvalue weighted by Gasteiger charge is 2.31. The van der Waals surface area contributed by atoms with Crippen molar-refractivity contribution in [3.8, 4) is 0 Å². The lowest BCUT2D eigenvalue weighted by Crippen LogP contribution is -2.33. The van der Waals surface area contributed by atoms with E-state index in [9.17, 15) is 18.5 Å². The van der Waals surface area contributed by atoms with Crippen LogP contribution in [0.5, 0.6) is 0 Å². The third-order valence-electron chi connectivity index (χ3n) is 4.47. The maximum atomic E-state index is 13.5. The number of nitro groups is 1. The van der Waals surface area contributed by atoms with Gasteiger partial charge in [-0.2, -0.15) is 0 Å². The standard InChI is InChI=1S/C21H20N2O4S/c1-16-8-6-9-18(14-16)17(2)22(19-10-4-3-5-11-19)28(26,27)21-13-7-12-20(15-21)23(24)25/h3-15,17H,1-2H3/t17-/m1/s1. The molecule has 0 heterocycles. The van der Waals surface area contributed by atoms with Gasteiger partial charge in [-0.25, -0.2) is 8.42 Å². The molecule has 3 aromatic carbocycles. The van der Waals surface area contributed by atoms with Crippen LogP contribution in [0.25, 0.3) is 0 Å². The van der Waals surface area contributed by atoms with E-state index in [1.807, 2.05) is 31.2 Å². The van der Waals surface area contributed by atoms with E-state index in [-0.39, 0.29) is 10.6 Å². The van der Waals surface area contributed by atoms with Gasteiger partial charge in [-0.05, 0) is 37.6 Å². The maximum absolute atomic E-state index is 13.5. The molecule has 6 nitrogen and oxygen atoms in total. The molecule has 0 spiro atoms. The molecule has 0 aliphatic carbocycles. The Bertz CT molecular complexity index is 1100. The number of aryl methyl sites for hydroxylation is 1. The van der Waals surface area contributed by atoms with Crippen molar-refractivity contribution in [2.24, 2.45) is 0 Å². The van der Waals surface area contributed by atoms with Crippen molar-refractivity contribution in [1.82, 2.24) is 0 Å². The zero-order chi connectivity index (χ0) is 20.3. The second-order valence-corrected chi connectivity index (χ2v) is 8.30. The SMILES string of the molecule is Cc1cccc([C@@H](C)N(c2ccccc2)S(=O)(=O)c2cccc([N+](=O)[O-])c2)c1. The van der Waals surface area contributed by atoms with E-state index in [0.29, 0.717) is 5.69 Å². The molecule has 0 aliphatic heterocycles. The normalized spacial score (nSPS) is 12.4. The zero-order valence-electron chi connectivity index (χ0n) is 15.5. The largest absolute Gasteiger partial charge is 0.270 e. The van der Waals surface area contributed by atoms with Crippen molar-refractivity contribution in [1.29, 1.82) is 0 Å². The topological polar surface area (TPSA) is 80.5 Å². The average Bonchev–Trinajstić information content (AvgIpc) is 2.69. The fraction of sp³-hybridized carbons (Fsp3) is 0.143. The molecule has 3 aromatic rings. The smallest absolute Gasteiger partial charge is 0.259 e. The number of rotatable bonds is 6. The highest BCUT2D eigenvalue weighted by molar-refractivity contribution is 7.92. The van der Waals surface area contributed by atoms with Crippen LogP contribution in [0.3, 0.4) is 0 Å². The molecular weight excluding hydrogens is 376 g/mol. The summed E-state index contributed by atoms with van der Waals surface area (Å²) in [6, 6.07) is 21.0. The van der Waals surface area contributed by atoms with Crippen LogP contribution in [-0.4, -0.2) is 13.3 Å². The van der Waals surface area contributed by atoms with Crippen LogP contribution in [-0.2, 0) is 10.0 Å². The van der Waals surface area contributed by atoms with Crippen LogP contribution in [0, 0.1) is 17.0 Å². The van der Waals surface area contributed by atoms with E-state index in [0.717, 1.165) is 17.2 Å². The van der Waals surface area contributed by atoms with E-state index in [2.05, 4.69) is 0 Å². The Morgan fingerprint density at radius 1 is 0.929 bits per heavy atom. The van der Waals surface area contributed by atoms with E-state index in [1.165, 1.54) is 22.5 Å². The molecule has 3 rings (SSSR count). The fourth-order valence-corrected chi connectivity index (χ4v) is 4.77. The number of hydrogen-bond donors (Lipinski definition) is 0. The van der Waals surface area contributed by atoms with Crippen LogP contribution >= 0.6 is 0 Å². The predicted octanol–water partition coefficient (Wildman–Crippen LogP) is 4.86. The Morgan fingerprint density at radius 2 is 1.61 bits per heavy atom. The molecule has 1 atom stereocenters. The molecule has 28 heavy (non-hydrogen) atoms. The molecule has 0 bridgehead atoms. The lowest BCUT2D eigenvalue weighted by atomic mass is 10.1. The summed E-state index contributed by atoms with van der Waals surface area (Å²) in [5, 5.41) is 11.1. The molecule has 0 aromatic heterocycles. The Morgan fingerprint density at radius 3 is 2.25 bits per heavy atom. The lowest BCUT2D eigenvalue weighted by molar-refractivity contribution is -0.385. The van der Waals surface area contributed by atoms with Gasteiger partial charge in [0.2, 0.25) is 0 Å². The number of para-hydroxylation sites is 1. The van der Waals surface area contributed by atoms with Crippen LogP contribution in [0.1, 0.15) is 24.1 Å². The van der Waals surface area contributed by atoms with Crippen molar-refractivity contribution in [3.05, 3.63) is 100 Å². The molecule has 0 aliphatic rings. The van der Waals surface area contributed by atoms with Gasteiger partial charge < -0.3 is 0 Å². The molecule has 0 N–H and O–H groups in total. The zero-order valence-corrected chi connectivity index (χ0v) is 16.3. The van der Waals surface area contributed by atoms with E-state index >= 15 is 0 Å². The summed E-state index contributed by atoms with van der Waals surface area (Å²) >= 11 is 0. The second-order valence-electron chi connectivity index (χ2n) is 6.48. The summed E-state index contributed by atoms with van der Waals surface area (Å²) in [7, 11) is -4.04. The van der Waals surface area contributed by atoms with Gasteiger partial charge in [0.15, 0.2) is 0 Å². The summed E-state index contributed by atoms with van der Waals surface area (Å²) in [6.45, 7) is 3.74. The number of sulfonamides is 1. The van der Waals surface area contributed by atoms with Gasteiger partial charge >= 0.3 is 0 Å². The molecule has 7 heteroatoms. The van der Waals surface area contributed by atoms with Crippen molar-refractivity contribution in [3.63, 3.8) is 0 Å². The minimum atomic E-state index is -4.04. The van der Waals surface area contributed by atoms with Gasteiger partial charge in [-0.15, -0.1) is 0 Å². The van der Waals surface area contributed by atoms with Crippen molar-refractivity contribution in [2.75, 3.05) is 4.31 Å². The van der Waals surface area contributed by atoms with E-state index < -0.39 is 21.0 Å². The van der Waals surface area contributed by atoms with Crippen LogP contribution in [0.4, 0.5) is 11.4 Å². The molecule has 0 unspecified atom stereocenters. The Balaban J connectivity index is 2.16. The Kier molecular flexibility index (Phi) is 5.46. The quantitative estimate of drug-likeness (QED) is 0.440. The predicted molar refractivity (Wildman–Crippen MR) is 109 cm³/mol. The first-order valence-electron chi connectivity index (χ1n) is 8.71. The van der Waals surface area contributed by atoms with Crippen LogP contribution < -0.4 is 4.31 Å². The first-order chi connectivity index (χ1) is 13.3. The van der Waals surface area contributed by atoms with Crippen molar-refractivity contribution < 1.29 is 13.3 Å². The number of nitrogens with zero attached hydrogens (tertiary/aromatic N) is 2. The highest BCUT2D eigenvalue weighted by atomic mass is 32.2. The Hall–Kier alpha value is -3.19. The molecule has 0 saturated carbocycles. The summed E-state index contributed by atoms with van der Waals surface area (Å²) in [5.41, 5.74) is 2.07. The molecule has 0 fully saturated rings. The molecule has 0 saturated heterocycles. The number of hydrogen-bond acceptors (Lipinski definition) is 4. The minimum absolute atomic E-state index is 0.120. The monoisotopic (exact) mass is 396 g/mol. The highest BCUT2D eigenvalue weighted by Crippen LogP contribution is 2.34. The third-order valence-corrected chi connectivity index (χ3v) is 6.37. The number of non-ortho nitro benzene ring substituents is 1. The molecule has 144 valence electrons. The van der Waals surface area contributed by atoms with Gasteiger partial charge in [-0.1, -0.05) is 54.1 Å². The molecular formula is C21H20N2O4S. The van der Waals surface area contributed by atoms with Crippen molar-refractivity contribution in [2.45, 2.75) is 24.8 Å². The number of nitro benzene ring substituents is 1. The lowest BCUT2D eigenvalue weighted by Gasteiger charge is -2.31. The average molecular weight is 396 g/mol. The number of benzene rings is 3. The Labute approximate surface area is 164 Å². The van der Waals surface area contributed by atoms with Gasteiger partial charge in [0.1, 0.15) is 0 Å². The molecule has 0 amide bonds. The van der Waals surface area contributed by atoms with Crippen LogP contribution in [0.2, 0.25) is 0 Å². The summed E-state index contributed by atoms with van der Waals surface area (Å²) in [6.07, 6.45) is 0. The van der Waals surface area contributed by atoms with Gasteiger partial charge in [-0.3, -0.25) is 14.4 Å². The van der Waals surface area contributed by atoms with Gasteiger partial charge in [0.25, 0.3) is 15.7 Å². The van der Waals surface area contributed by atoms with Gasteiger partial charge in [0.05, 0.1) is 21.5 Å².